The van der Waals surface area contributed by atoms with Gasteiger partial charge in [0.25, 0.3) is 0 Å². The Hall–Kier alpha value is -1.23. The highest BCUT2D eigenvalue weighted by molar-refractivity contribution is 5.47. The van der Waals surface area contributed by atoms with Gasteiger partial charge in [0.05, 0.1) is 5.56 Å². The molecule has 0 saturated heterocycles. The van der Waals surface area contributed by atoms with Gasteiger partial charge in [-0.15, -0.1) is 0 Å². The Kier molecular flexibility index (Phi) is 5.02. The van der Waals surface area contributed by atoms with Gasteiger partial charge < -0.3 is 9.80 Å². The maximum atomic E-state index is 12.4. The Morgan fingerprint density at radius 3 is 1.94 bits per heavy atom. The van der Waals surface area contributed by atoms with E-state index in [9.17, 15) is 13.2 Å². The van der Waals surface area contributed by atoms with E-state index in [1.165, 1.54) is 12.1 Å². The molecule has 0 heterocycles. The van der Waals surface area contributed by atoms with Crippen LogP contribution in [0.1, 0.15) is 12.0 Å². The molecular weight excluding hydrogens is 241 g/mol. The molecule has 0 bridgehead atoms. The molecule has 18 heavy (non-hydrogen) atoms. The van der Waals surface area contributed by atoms with Crippen LogP contribution in [-0.2, 0) is 6.18 Å². The molecule has 0 saturated carbocycles. The van der Waals surface area contributed by atoms with Gasteiger partial charge in [-0.1, -0.05) is 0 Å². The van der Waals surface area contributed by atoms with E-state index in [4.69, 9.17) is 0 Å². The fourth-order valence-electron chi connectivity index (χ4n) is 1.66. The van der Waals surface area contributed by atoms with E-state index in [-0.39, 0.29) is 0 Å². The van der Waals surface area contributed by atoms with Crippen LogP contribution in [0.2, 0.25) is 0 Å². The van der Waals surface area contributed by atoms with Crippen LogP contribution in [0.15, 0.2) is 24.3 Å². The van der Waals surface area contributed by atoms with Gasteiger partial charge >= 0.3 is 6.18 Å². The second-order valence-corrected chi connectivity index (χ2v) is 4.62. The number of anilines is 1. The third kappa shape index (κ3) is 4.56. The van der Waals surface area contributed by atoms with Crippen LogP contribution in [0.25, 0.3) is 0 Å². The third-order valence-electron chi connectivity index (χ3n) is 2.73. The van der Waals surface area contributed by atoms with Gasteiger partial charge in [0.1, 0.15) is 0 Å². The fourth-order valence-corrected chi connectivity index (χ4v) is 1.66. The molecule has 0 spiro atoms. The van der Waals surface area contributed by atoms with E-state index in [2.05, 4.69) is 4.90 Å². The summed E-state index contributed by atoms with van der Waals surface area (Å²) in [7, 11) is 5.88. The van der Waals surface area contributed by atoms with Gasteiger partial charge in [-0.2, -0.15) is 13.2 Å². The van der Waals surface area contributed by atoms with E-state index in [0.717, 1.165) is 37.3 Å². The van der Waals surface area contributed by atoms with Crippen molar-refractivity contribution in [2.45, 2.75) is 12.6 Å². The second-order valence-electron chi connectivity index (χ2n) is 4.62. The number of benzene rings is 1. The number of halogens is 3. The Morgan fingerprint density at radius 2 is 1.50 bits per heavy atom. The second kappa shape index (κ2) is 6.09. The van der Waals surface area contributed by atoms with Crippen LogP contribution in [0.3, 0.4) is 0 Å². The number of nitrogens with zero attached hydrogens (tertiary/aromatic N) is 2. The van der Waals surface area contributed by atoms with Crippen LogP contribution < -0.4 is 4.90 Å². The summed E-state index contributed by atoms with van der Waals surface area (Å²) in [6.07, 6.45) is -3.29. The molecule has 1 aromatic rings. The molecular formula is C13H19F3N2. The van der Waals surface area contributed by atoms with E-state index < -0.39 is 11.7 Å². The predicted octanol–water partition coefficient (Wildman–Crippen LogP) is 3.09. The maximum Gasteiger partial charge on any atom is 0.416 e. The van der Waals surface area contributed by atoms with Crippen molar-refractivity contribution in [3.8, 4) is 0 Å². The molecule has 0 fully saturated rings. The highest BCUT2D eigenvalue weighted by Gasteiger charge is 2.29. The van der Waals surface area contributed by atoms with Crippen LogP contribution in [0, 0.1) is 0 Å². The molecule has 0 N–H and O–H groups in total. The highest BCUT2D eigenvalue weighted by Crippen LogP contribution is 2.30. The summed E-state index contributed by atoms with van der Waals surface area (Å²) in [5, 5.41) is 0. The van der Waals surface area contributed by atoms with Crippen molar-refractivity contribution >= 4 is 5.69 Å². The topological polar surface area (TPSA) is 6.48 Å². The minimum atomic E-state index is -4.26. The summed E-state index contributed by atoms with van der Waals surface area (Å²) in [5.74, 6) is 0. The molecule has 1 aromatic carbocycles. The molecule has 2 nitrogen and oxygen atoms in total. The molecule has 0 unspecified atom stereocenters. The Morgan fingerprint density at radius 1 is 0.944 bits per heavy atom. The first kappa shape index (κ1) is 14.8. The summed E-state index contributed by atoms with van der Waals surface area (Å²) in [6, 6.07) is 5.27. The molecule has 0 aromatic heterocycles. The van der Waals surface area contributed by atoms with Crippen molar-refractivity contribution in [3.63, 3.8) is 0 Å². The zero-order chi connectivity index (χ0) is 13.8. The van der Waals surface area contributed by atoms with Gasteiger partial charge in [0, 0.05) is 19.3 Å². The smallest absolute Gasteiger partial charge is 0.375 e. The summed E-state index contributed by atoms with van der Waals surface area (Å²) in [6.45, 7) is 1.79. The first-order chi connectivity index (χ1) is 8.30. The summed E-state index contributed by atoms with van der Waals surface area (Å²) < 4.78 is 37.2. The third-order valence-corrected chi connectivity index (χ3v) is 2.73. The van der Waals surface area contributed by atoms with Gasteiger partial charge in [0.15, 0.2) is 0 Å². The number of rotatable bonds is 5. The van der Waals surface area contributed by atoms with Gasteiger partial charge in [-0.25, -0.2) is 0 Å². The van der Waals surface area contributed by atoms with E-state index in [1.807, 2.05) is 26.0 Å². The maximum absolute atomic E-state index is 12.4. The van der Waals surface area contributed by atoms with Gasteiger partial charge in [0.2, 0.25) is 0 Å². The normalized spacial score (nSPS) is 11.9. The lowest BCUT2D eigenvalue weighted by atomic mass is 10.2. The minimum absolute atomic E-state index is 0.604. The number of alkyl halides is 3. The summed E-state index contributed by atoms with van der Waals surface area (Å²) in [5.41, 5.74) is 0.203. The molecule has 0 aliphatic heterocycles. The van der Waals surface area contributed by atoms with Gasteiger partial charge in [-0.05, 0) is 51.3 Å². The van der Waals surface area contributed by atoms with Crippen LogP contribution in [0.5, 0.6) is 0 Å². The van der Waals surface area contributed by atoms with Crippen LogP contribution in [0.4, 0.5) is 18.9 Å². The zero-order valence-corrected chi connectivity index (χ0v) is 11.0. The lowest BCUT2D eigenvalue weighted by molar-refractivity contribution is -0.137. The van der Waals surface area contributed by atoms with Crippen LogP contribution in [-0.4, -0.2) is 39.1 Å². The minimum Gasteiger partial charge on any atom is -0.375 e. The van der Waals surface area contributed by atoms with E-state index >= 15 is 0 Å². The fraction of sp³-hybridized carbons (Fsp3) is 0.538. The Balaban J connectivity index is 2.56. The molecule has 0 aliphatic carbocycles. The quantitative estimate of drug-likeness (QED) is 0.802. The molecule has 0 radical (unpaired) electrons. The molecule has 102 valence electrons. The lowest BCUT2D eigenvalue weighted by Gasteiger charge is -2.21. The zero-order valence-electron chi connectivity index (χ0n) is 11.0. The standard InChI is InChI=1S/C13H19F3N2/c1-17(2)9-4-10-18(3)12-7-5-11(6-8-12)13(14,15)16/h5-8H,4,9-10H2,1-3H3. The average molecular weight is 260 g/mol. The van der Waals surface area contributed by atoms with Crippen molar-refractivity contribution in [3.05, 3.63) is 29.8 Å². The first-order valence-electron chi connectivity index (χ1n) is 5.84. The number of hydrogen-bond donors (Lipinski definition) is 0. The Bertz CT molecular complexity index is 357. The lowest BCUT2D eigenvalue weighted by Crippen LogP contribution is -2.23. The summed E-state index contributed by atoms with van der Waals surface area (Å²) >= 11 is 0. The van der Waals surface area contributed by atoms with Crippen molar-refractivity contribution in [2.24, 2.45) is 0 Å². The predicted molar refractivity (Wildman–Crippen MR) is 67.9 cm³/mol. The Labute approximate surface area is 106 Å². The van der Waals surface area contributed by atoms with E-state index in [1.54, 1.807) is 0 Å². The largest absolute Gasteiger partial charge is 0.416 e. The molecule has 0 amide bonds. The molecule has 5 heteroatoms. The van der Waals surface area contributed by atoms with Gasteiger partial charge in [-0.3, -0.25) is 0 Å². The SMILES string of the molecule is CN(C)CCCN(C)c1ccc(C(F)(F)F)cc1. The van der Waals surface area contributed by atoms with Crippen molar-refractivity contribution < 1.29 is 13.2 Å². The molecule has 1 rings (SSSR count). The summed E-state index contributed by atoms with van der Waals surface area (Å²) in [4.78, 5) is 4.05. The van der Waals surface area contributed by atoms with Crippen molar-refractivity contribution in [1.29, 1.82) is 0 Å². The number of hydrogen-bond acceptors (Lipinski definition) is 2. The average Bonchev–Trinajstić information content (AvgIpc) is 2.27. The van der Waals surface area contributed by atoms with Crippen LogP contribution >= 0.6 is 0 Å². The van der Waals surface area contributed by atoms with Crippen molar-refractivity contribution in [2.75, 3.05) is 39.1 Å². The molecule has 0 aliphatic rings. The monoisotopic (exact) mass is 260 g/mol. The van der Waals surface area contributed by atoms with Crippen molar-refractivity contribution in [1.82, 2.24) is 4.90 Å². The van der Waals surface area contributed by atoms with E-state index in [0.29, 0.717) is 0 Å². The highest BCUT2D eigenvalue weighted by atomic mass is 19.4. The first-order valence-corrected chi connectivity index (χ1v) is 5.84. The molecule has 0 atom stereocenters.